The van der Waals surface area contributed by atoms with Gasteiger partial charge in [-0.2, -0.15) is 5.10 Å². The molecule has 0 saturated heterocycles. The Morgan fingerprint density at radius 2 is 1.78 bits per heavy atom. The Hall–Kier alpha value is -3.12. The lowest BCUT2D eigenvalue weighted by Gasteiger charge is -2.30. The summed E-state index contributed by atoms with van der Waals surface area (Å²) in [4.78, 5) is 0. The number of nitrogens with zero attached hydrogens (tertiary/aromatic N) is 2. The smallest absolute Gasteiger partial charge is 0.190 e. The maximum absolute atomic E-state index is 5.72. The molecule has 1 saturated carbocycles. The molecular formula is C26H29N3O2S. The fourth-order valence-corrected chi connectivity index (χ4v) is 4.68. The quantitative estimate of drug-likeness (QED) is 0.477. The van der Waals surface area contributed by atoms with Crippen LogP contribution in [-0.4, -0.2) is 36.6 Å². The fraction of sp³-hybridized carbons (Fsp3) is 0.308. The van der Waals surface area contributed by atoms with Crippen LogP contribution in [0.4, 0.5) is 0 Å². The van der Waals surface area contributed by atoms with E-state index in [9.17, 15) is 0 Å². The molecule has 0 bridgehead atoms. The molecular weight excluding hydrogens is 418 g/mol. The van der Waals surface area contributed by atoms with Gasteiger partial charge in [0, 0.05) is 12.5 Å². The number of fused-ring (bicyclic) bond motifs is 1. The largest absolute Gasteiger partial charge is 0.497 e. The van der Waals surface area contributed by atoms with Crippen molar-refractivity contribution in [3.63, 3.8) is 0 Å². The lowest BCUT2D eigenvalue weighted by molar-refractivity contribution is 0.300. The van der Waals surface area contributed by atoms with E-state index in [0.29, 0.717) is 11.7 Å². The number of hydrazone groups is 1. The molecule has 166 valence electrons. The summed E-state index contributed by atoms with van der Waals surface area (Å²) in [6.07, 6.45) is 7.27. The molecule has 1 heterocycles. The third kappa shape index (κ3) is 4.55. The third-order valence-electron chi connectivity index (χ3n) is 6.02. The minimum Gasteiger partial charge on any atom is -0.497 e. The van der Waals surface area contributed by atoms with Crippen molar-refractivity contribution < 1.29 is 9.47 Å². The predicted octanol–water partition coefficient (Wildman–Crippen LogP) is 5.36. The summed E-state index contributed by atoms with van der Waals surface area (Å²) in [5.74, 6) is 1.98. The molecule has 6 heteroatoms. The zero-order valence-electron chi connectivity index (χ0n) is 18.6. The summed E-state index contributed by atoms with van der Waals surface area (Å²) in [5, 5.41) is 10.9. The lowest BCUT2D eigenvalue weighted by Crippen LogP contribution is -2.38. The average Bonchev–Trinajstić information content (AvgIpc) is 3.24. The Balaban J connectivity index is 1.69. The van der Waals surface area contributed by atoms with Crippen molar-refractivity contribution in [2.24, 2.45) is 11.0 Å². The van der Waals surface area contributed by atoms with Crippen LogP contribution in [0.2, 0.25) is 0 Å². The van der Waals surface area contributed by atoms with Crippen LogP contribution in [0.1, 0.15) is 36.4 Å². The van der Waals surface area contributed by atoms with Crippen LogP contribution in [0.25, 0.3) is 6.08 Å². The van der Waals surface area contributed by atoms with Crippen molar-refractivity contribution >= 4 is 29.1 Å². The number of methoxy groups -OCH3 is 2. The molecule has 2 atom stereocenters. The standard InChI is InChI=1S/C26H29N3O2S/c1-4-16-27-26(32)29-25(19-10-14-22(31-3)15-11-19)23-7-5-6-20(24(23)28-29)17-18-8-12-21(30-2)13-9-18/h4,8-15,17,23,25H,1,5-7,16H2,2-3H3,(H,27,32)/b20-17+. The number of thiocarbonyl (C=S) groups is 1. The second-order valence-electron chi connectivity index (χ2n) is 7.96. The van der Waals surface area contributed by atoms with Crippen LogP contribution in [0, 0.1) is 5.92 Å². The molecule has 32 heavy (non-hydrogen) atoms. The van der Waals surface area contributed by atoms with E-state index in [-0.39, 0.29) is 12.0 Å². The van der Waals surface area contributed by atoms with E-state index < -0.39 is 0 Å². The molecule has 1 fully saturated rings. The van der Waals surface area contributed by atoms with Gasteiger partial charge in [0.25, 0.3) is 0 Å². The highest BCUT2D eigenvalue weighted by Crippen LogP contribution is 2.44. The number of benzene rings is 2. The van der Waals surface area contributed by atoms with Crippen molar-refractivity contribution in [3.8, 4) is 11.5 Å². The summed E-state index contributed by atoms with van der Waals surface area (Å²) in [5.41, 5.74) is 4.74. The molecule has 5 nitrogen and oxygen atoms in total. The van der Waals surface area contributed by atoms with Crippen LogP contribution in [-0.2, 0) is 0 Å². The Labute approximate surface area is 195 Å². The van der Waals surface area contributed by atoms with Gasteiger partial charge in [0.05, 0.1) is 26.0 Å². The number of nitrogens with one attached hydrogen (secondary N) is 1. The van der Waals surface area contributed by atoms with Crippen LogP contribution in [0.3, 0.4) is 0 Å². The van der Waals surface area contributed by atoms with Gasteiger partial charge in [0.1, 0.15) is 11.5 Å². The highest BCUT2D eigenvalue weighted by Gasteiger charge is 2.42. The lowest BCUT2D eigenvalue weighted by atomic mass is 9.77. The van der Waals surface area contributed by atoms with E-state index in [4.69, 9.17) is 26.8 Å². The summed E-state index contributed by atoms with van der Waals surface area (Å²) < 4.78 is 10.6. The normalized spacial score (nSPS) is 21.0. The number of ether oxygens (including phenoxy) is 2. The summed E-state index contributed by atoms with van der Waals surface area (Å²) in [6.45, 7) is 4.40. The molecule has 1 aliphatic carbocycles. The van der Waals surface area contributed by atoms with Crippen molar-refractivity contribution in [2.75, 3.05) is 20.8 Å². The van der Waals surface area contributed by atoms with Gasteiger partial charge >= 0.3 is 0 Å². The first-order chi connectivity index (χ1) is 15.6. The van der Waals surface area contributed by atoms with Crippen LogP contribution in [0.15, 0.2) is 71.9 Å². The van der Waals surface area contributed by atoms with Gasteiger partial charge in [0.2, 0.25) is 0 Å². The van der Waals surface area contributed by atoms with Gasteiger partial charge < -0.3 is 14.8 Å². The molecule has 1 N–H and O–H groups in total. The van der Waals surface area contributed by atoms with E-state index in [1.807, 2.05) is 29.3 Å². The highest BCUT2D eigenvalue weighted by molar-refractivity contribution is 7.80. The molecule has 4 rings (SSSR count). The molecule has 1 aliphatic heterocycles. The summed E-state index contributed by atoms with van der Waals surface area (Å²) in [6, 6.07) is 16.4. The minimum absolute atomic E-state index is 0.0558. The number of rotatable bonds is 6. The number of hydrogen-bond acceptors (Lipinski definition) is 4. The first-order valence-electron chi connectivity index (χ1n) is 10.9. The van der Waals surface area contributed by atoms with E-state index >= 15 is 0 Å². The number of hydrogen-bond donors (Lipinski definition) is 1. The van der Waals surface area contributed by atoms with Crippen molar-refractivity contribution in [1.29, 1.82) is 0 Å². The van der Waals surface area contributed by atoms with Gasteiger partial charge in [-0.3, -0.25) is 0 Å². The van der Waals surface area contributed by atoms with E-state index in [0.717, 1.165) is 42.0 Å². The average molecular weight is 448 g/mol. The summed E-state index contributed by atoms with van der Waals surface area (Å²) in [7, 11) is 3.37. The van der Waals surface area contributed by atoms with Crippen LogP contribution in [0.5, 0.6) is 11.5 Å². The molecule has 2 unspecified atom stereocenters. The minimum atomic E-state index is 0.0558. The van der Waals surface area contributed by atoms with Crippen molar-refractivity contribution in [3.05, 3.63) is 77.9 Å². The molecule has 2 aromatic carbocycles. The zero-order valence-corrected chi connectivity index (χ0v) is 19.4. The van der Waals surface area contributed by atoms with Gasteiger partial charge in [-0.05, 0) is 78.5 Å². The second kappa shape index (κ2) is 10.0. The maximum atomic E-state index is 5.72. The number of allylic oxidation sites excluding steroid dienone is 1. The topological polar surface area (TPSA) is 46.1 Å². The van der Waals surface area contributed by atoms with Crippen molar-refractivity contribution in [2.45, 2.75) is 25.3 Å². The molecule has 2 aliphatic rings. The Morgan fingerprint density at radius 1 is 1.12 bits per heavy atom. The Bertz CT molecular complexity index is 1030. The van der Waals surface area contributed by atoms with Crippen molar-refractivity contribution in [1.82, 2.24) is 10.3 Å². The molecule has 0 spiro atoms. The molecule has 0 aromatic heterocycles. The first-order valence-corrected chi connectivity index (χ1v) is 11.3. The van der Waals surface area contributed by atoms with Gasteiger partial charge in [-0.1, -0.05) is 30.3 Å². The Morgan fingerprint density at radius 3 is 2.41 bits per heavy atom. The first kappa shape index (κ1) is 22.1. The maximum Gasteiger partial charge on any atom is 0.190 e. The second-order valence-corrected chi connectivity index (χ2v) is 8.35. The van der Waals surface area contributed by atoms with E-state index in [1.165, 1.54) is 11.1 Å². The summed E-state index contributed by atoms with van der Waals surface area (Å²) >= 11 is 5.72. The predicted molar refractivity (Wildman–Crippen MR) is 134 cm³/mol. The monoisotopic (exact) mass is 447 g/mol. The zero-order chi connectivity index (χ0) is 22.5. The Kier molecular flexibility index (Phi) is 6.90. The van der Waals surface area contributed by atoms with Crippen LogP contribution >= 0.6 is 12.2 Å². The fourth-order valence-electron chi connectivity index (χ4n) is 4.44. The SMILES string of the molecule is C=CCNC(=S)N1N=C2/C(=C/c3ccc(OC)cc3)CCCC2C1c1ccc(OC)cc1. The highest BCUT2D eigenvalue weighted by atomic mass is 32.1. The van der Waals surface area contributed by atoms with Gasteiger partial charge in [-0.25, -0.2) is 5.01 Å². The third-order valence-corrected chi connectivity index (χ3v) is 6.35. The van der Waals surface area contributed by atoms with E-state index in [2.05, 4.69) is 42.2 Å². The molecule has 2 aromatic rings. The van der Waals surface area contributed by atoms with Gasteiger partial charge in [0.15, 0.2) is 5.11 Å². The van der Waals surface area contributed by atoms with E-state index in [1.54, 1.807) is 20.3 Å². The molecule has 0 amide bonds. The van der Waals surface area contributed by atoms with Gasteiger partial charge in [-0.15, -0.1) is 6.58 Å². The molecule has 0 radical (unpaired) electrons. The van der Waals surface area contributed by atoms with Crippen LogP contribution < -0.4 is 14.8 Å².